The molecule has 0 heterocycles. The lowest BCUT2D eigenvalue weighted by atomic mass is 9.99. The van der Waals surface area contributed by atoms with Crippen LogP contribution in [0.15, 0.2) is 34.9 Å². The van der Waals surface area contributed by atoms with Crippen molar-refractivity contribution < 1.29 is 4.79 Å². The number of nitrogens with one attached hydrogen (secondary N) is 1. The van der Waals surface area contributed by atoms with Crippen molar-refractivity contribution in [1.82, 2.24) is 0 Å². The summed E-state index contributed by atoms with van der Waals surface area (Å²) in [6.45, 7) is 7.51. The molecule has 0 radical (unpaired) electrons. The maximum absolute atomic E-state index is 10.7. The Balaban J connectivity index is 5.19. The van der Waals surface area contributed by atoms with Crippen molar-refractivity contribution in [1.29, 1.82) is 5.41 Å². The number of hydrogen-bond acceptors (Lipinski definition) is 2. The molecule has 0 saturated carbocycles. The summed E-state index contributed by atoms with van der Waals surface area (Å²) in [5.41, 5.74) is 3.09. The quantitative estimate of drug-likeness (QED) is 0.317. The highest BCUT2D eigenvalue weighted by Gasteiger charge is 2.04. The van der Waals surface area contributed by atoms with E-state index in [1.807, 2.05) is 39.0 Å². The van der Waals surface area contributed by atoms with E-state index in [0.717, 1.165) is 29.4 Å². The second-order valence-electron chi connectivity index (χ2n) is 3.26. The van der Waals surface area contributed by atoms with E-state index in [-0.39, 0.29) is 0 Å². The first-order valence-electron chi connectivity index (χ1n) is 5.14. The standard InChI is InChI=1S/C13H19NO/c1-5-11(9-15)8-12(6-2)13(7-3)10(4)14/h6-9,14H,5H2,1-4H3/b11-8+,12-6+,13-7+,14-10?. The molecule has 0 aromatic heterocycles. The number of carbonyl (C=O) groups excluding carboxylic acids is 1. The molecule has 0 aliphatic rings. The highest BCUT2D eigenvalue weighted by Crippen LogP contribution is 2.15. The Hall–Kier alpha value is -1.44. The predicted molar refractivity (Wildman–Crippen MR) is 65.4 cm³/mol. The van der Waals surface area contributed by atoms with Gasteiger partial charge in [-0.1, -0.05) is 19.1 Å². The van der Waals surface area contributed by atoms with E-state index in [1.54, 1.807) is 6.92 Å². The molecule has 0 unspecified atom stereocenters. The average molecular weight is 205 g/mol. The van der Waals surface area contributed by atoms with Gasteiger partial charge in [-0.2, -0.15) is 0 Å². The Kier molecular flexibility index (Phi) is 6.27. The summed E-state index contributed by atoms with van der Waals surface area (Å²) in [7, 11) is 0. The summed E-state index contributed by atoms with van der Waals surface area (Å²) in [5, 5.41) is 7.62. The lowest BCUT2D eigenvalue weighted by molar-refractivity contribution is -0.105. The first-order valence-corrected chi connectivity index (χ1v) is 5.14. The van der Waals surface area contributed by atoms with E-state index in [2.05, 4.69) is 0 Å². The molecular formula is C13H19NO. The molecule has 0 aromatic rings. The van der Waals surface area contributed by atoms with Gasteiger partial charge in [0.1, 0.15) is 6.29 Å². The molecule has 0 aromatic carbocycles. The second-order valence-corrected chi connectivity index (χ2v) is 3.26. The van der Waals surface area contributed by atoms with Crippen LogP contribution in [0.2, 0.25) is 0 Å². The van der Waals surface area contributed by atoms with Crippen molar-refractivity contribution in [2.24, 2.45) is 0 Å². The molecule has 1 N–H and O–H groups in total. The number of rotatable bonds is 5. The van der Waals surface area contributed by atoms with Gasteiger partial charge in [-0.3, -0.25) is 4.79 Å². The number of carbonyl (C=O) groups is 1. The van der Waals surface area contributed by atoms with Crippen LogP contribution in [-0.4, -0.2) is 12.0 Å². The molecule has 0 atom stereocenters. The van der Waals surface area contributed by atoms with E-state index >= 15 is 0 Å². The lowest BCUT2D eigenvalue weighted by Gasteiger charge is -2.07. The summed E-state index contributed by atoms with van der Waals surface area (Å²) < 4.78 is 0. The fraction of sp³-hybridized carbons (Fsp3) is 0.385. The maximum atomic E-state index is 10.7. The first-order chi connectivity index (χ1) is 7.10. The fourth-order valence-electron chi connectivity index (χ4n) is 1.34. The fourth-order valence-corrected chi connectivity index (χ4v) is 1.34. The summed E-state index contributed by atoms with van der Waals surface area (Å²) >= 11 is 0. The van der Waals surface area contributed by atoms with Gasteiger partial charge in [-0.15, -0.1) is 0 Å². The normalized spacial score (nSPS) is 14.0. The van der Waals surface area contributed by atoms with Crippen LogP contribution in [0, 0.1) is 5.41 Å². The summed E-state index contributed by atoms with van der Waals surface area (Å²) in [6.07, 6.45) is 7.25. The highest BCUT2D eigenvalue weighted by atomic mass is 16.1. The monoisotopic (exact) mass is 205 g/mol. The molecule has 0 saturated heterocycles. The van der Waals surface area contributed by atoms with Crippen LogP contribution in [0.5, 0.6) is 0 Å². The maximum Gasteiger partial charge on any atom is 0.146 e. The number of aldehydes is 1. The zero-order valence-corrected chi connectivity index (χ0v) is 9.92. The SMILES string of the molecule is C/C=C(C(C)=N)/C(/C=C(/C=O)CC)=C/C. The Morgan fingerprint density at radius 2 is 1.87 bits per heavy atom. The minimum Gasteiger partial charge on any atom is -0.305 e. The molecule has 0 fully saturated rings. The minimum atomic E-state index is 0.517. The molecule has 0 bridgehead atoms. The third-order valence-corrected chi connectivity index (χ3v) is 2.22. The molecule has 2 nitrogen and oxygen atoms in total. The molecule has 2 heteroatoms. The van der Waals surface area contributed by atoms with Crippen molar-refractivity contribution >= 4 is 12.0 Å². The minimum absolute atomic E-state index is 0.517. The average Bonchev–Trinajstić information content (AvgIpc) is 2.23. The van der Waals surface area contributed by atoms with E-state index in [4.69, 9.17) is 5.41 Å². The summed E-state index contributed by atoms with van der Waals surface area (Å²) in [6, 6.07) is 0. The third-order valence-electron chi connectivity index (χ3n) is 2.22. The molecule has 0 rings (SSSR count). The van der Waals surface area contributed by atoms with Crippen molar-refractivity contribution in [2.75, 3.05) is 0 Å². The van der Waals surface area contributed by atoms with Gasteiger partial charge in [0.15, 0.2) is 0 Å². The molecule has 15 heavy (non-hydrogen) atoms. The Morgan fingerprint density at radius 1 is 1.27 bits per heavy atom. The molecule has 0 aliphatic heterocycles. The molecule has 0 amide bonds. The van der Waals surface area contributed by atoms with Gasteiger partial charge in [-0.25, -0.2) is 0 Å². The van der Waals surface area contributed by atoms with Crippen molar-refractivity contribution in [3.05, 3.63) is 34.9 Å². The van der Waals surface area contributed by atoms with Crippen LogP contribution in [0.3, 0.4) is 0 Å². The lowest BCUT2D eigenvalue weighted by Crippen LogP contribution is -1.98. The Bertz CT molecular complexity index is 332. The number of hydrogen-bond donors (Lipinski definition) is 1. The van der Waals surface area contributed by atoms with Gasteiger partial charge in [0, 0.05) is 5.71 Å². The van der Waals surface area contributed by atoms with Crippen LogP contribution in [-0.2, 0) is 4.79 Å². The van der Waals surface area contributed by atoms with Gasteiger partial charge >= 0.3 is 0 Å². The van der Waals surface area contributed by atoms with E-state index in [9.17, 15) is 4.79 Å². The van der Waals surface area contributed by atoms with Crippen LogP contribution < -0.4 is 0 Å². The van der Waals surface area contributed by atoms with Gasteiger partial charge < -0.3 is 5.41 Å². The Labute approximate surface area is 91.9 Å². The van der Waals surface area contributed by atoms with Crippen molar-refractivity contribution in [3.63, 3.8) is 0 Å². The van der Waals surface area contributed by atoms with Crippen molar-refractivity contribution in [3.8, 4) is 0 Å². The number of allylic oxidation sites excluding steroid dienone is 6. The van der Waals surface area contributed by atoms with Gasteiger partial charge in [0.05, 0.1) is 0 Å². The van der Waals surface area contributed by atoms with Crippen LogP contribution in [0.1, 0.15) is 34.1 Å². The second kappa shape index (κ2) is 6.93. The topological polar surface area (TPSA) is 40.9 Å². The summed E-state index contributed by atoms with van der Waals surface area (Å²) in [5.74, 6) is 0. The Morgan fingerprint density at radius 3 is 2.13 bits per heavy atom. The zero-order valence-electron chi connectivity index (χ0n) is 9.92. The molecule has 0 aliphatic carbocycles. The largest absolute Gasteiger partial charge is 0.305 e. The molecule has 82 valence electrons. The first kappa shape index (κ1) is 13.6. The van der Waals surface area contributed by atoms with Crippen LogP contribution >= 0.6 is 0 Å². The van der Waals surface area contributed by atoms with E-state index in [0.29, 0.717) is 5.71 Å². The van der Waals surface area contributed by atoms with E-state index in [1.165, 1.54) is 0 Å². The zero-order chi connectivity index (χ0) is 11.8. The van der Waals surface area contributed by atoms with Gasteiger partial charge in [-0.05, 0) is 50.0 Å². The van der Waals surface area contributed by atoms with Gasteiger partial charge in [0.25, 0.3) is 0 Å². The van der Waals surface area contributed by atoms with Gasteiger partial charge in [0.2, 0.25) is 0 Å². The van der Waals surface area contributed by atoms with Crippen LogP contribution in [0.4, 0.5) is 0 Å². The third kappa shape index (κ3) is 4.07. The van der Waals surface area contributed by atoms with Crippen molar-refractivity contribution in [2.45, 2.75) is 34.1 Å². The molecule has 0 spiro atoms. The van der Waals surface area contributed by atoms with Crippen LogP contribution in [0.25, 0.3) is 0 Å². The summed E-state index contributed by atoms with van der Waals surface area (Å²) in [4.78, 5) is 10.7. The smallest absolute Gasteiger partial charge is 0.146 e. The van der Waals surface area contributed by atoms with E-state index < -0.39 is 0 Å². The highest BCUT2D eigenvalue weighted by molar-refractivity contribution is 6.00. The predicted octanol–water partition coefficient (Wildman–Crippen LogP) is 3.45. The molecular weight excluding hydrogens is 186 g/mol.